The molecule has 2 aromatic heterocycles. The topological polar surface area (TPSA) is 88.9 Å². The van der Waals surface area contributed by atoms with E-state index in [1.165, 1.54) is 17.1 Å². The molecule has 0 bridgehead atoms. The lowest BCUT2D eigenvalue weighted by Gasteiger charge is -2.34. The zero-order chi connectivity index (χ0) is 18.1. The number of aromatic nitrogens is 1. The average Bonchev–Trinajstić information content (AvgIpc) is 3.30. The number of para-hydroxylation sites is 2. The zero-order valence-corrected chi connectivity index (χ0v) is 14.0. The molecule has 3 aromatic rings. The van der Waals surface area contributed by atoms with Gasteiger partial charge >= 0.3 is 5.76 Å². The lowest BCUT2D eigenvalue weighted by molar-refractivity contribution is -0.133. The van der Waals surface area contributed by atoms with Crippen molar-refractivity contribution in [2.24, 2.45) is 0 Å². The van der Waals surface area contributed by atoms with Crippen LogP contribution in [0.1, 0.15) is 10.4 Å². The molecule has 0 saturated carbocycles. The Kier molecular flexibility index (Phi) is 4.08. The fraction of sp³-hybridized carbons (Fsp3) is 0.278. The molecule has 26 heavy (non-hydrogen) atoms. The monoisotopic (exact) mass is 355 g/mol. The number of piperazine rings is 1. The van der Waals surface area contributed by atoms with E-state index in [0.29, 0.717) is 42.8 Å². The third-order valence-corrected chi connectivity index (χ3v) is 4.55. The molecule has 0 atom stereocenters. The second-order valence-electron chi connectivity index (χ2n) is 6.11. The molecule has 0 N–H and O–H groups in total. The van der Waals surface area contributed by atoms with Crippen molar-refractivity contribution in [3.8, 4) is 0 Å². The number of benzene rings is 1. The summed E-state index contributed by atoms with van der Waals surface area (Å²) in [5, 5.41) is 0. The van der Waals surface area contributed by atoms with Crippen LogP contribution in [0.5, 0.6) is 0 Å². The van der Waals surface area contributed by atoms with Gasteiger partial charge in [0.2, 0.25) is 5.91 Å². The van der Waals surface area contributed by atoms with Crippen molar-refractivity contribution in [2.75, 3.05) is 26.2 Å². The SMILES string of the molecule is O=C(Cn1c(=O)oc2ccccc21)N1CCN(C(=O)c2ccoc2)CC1. The highest BCUT2D eigenvalue weighted by atomic mass is 16.4. The number of rotatable bonds is 3. The van der Waals surface area contributed by atoms with Crippen LogP contribution in [-0.2, 0) is 11.3 Å². The summed E-state index contributed by atoms with van der Waals surface area (Å²) in [6.07, 6.45) is 2.87. The molecule has 8 nitrogen and oxygen atoms in total. The first-order valence-corrected chi connectivity index (χ1v) is 8.31. The third-order valence-electron chi connectivity index (χ3n) is 4.55. The van der Waals surface area contributed by atoms with Crippen molar-refractivity contribution in [1.82, 2.24) is 14.4 Å². The van der Waals surface area contributed by atoms with Crippen molar-refractivity contribution in [3.63, 3.8) is 0 Å². The molecule has 134 valence electrons. The molecule has 1 aliphatic rings. The van der Waals surface area contributed by atoms with Crippen LogP contribution in [0.25, 0.3) is 11.1 Å². The van der Waals surface area contributed by atoms with Crippen LogP contribution in [-0.4, -0.2) is 52.4 Å². The molecule has 2 amide bonds. The predicted molar refractivity (Wildman–Crippen MR) is 91.7 cm³/mol. The van der Waals surface area contributed by atoms with Crippen LogP contribution >= 0.6 is 0 Å². The molecule has 0 spiro atoms. The Morgan fingerprint density at radius 3 is 2.46 bits per heavy atom. The number of carbonyl (C=O) groups excluding carboxylic acids is 2. The van der Waals surface area contributed by atoms with Crippen molar-refractivity contribution in [2.45, 2.75) is 6.54 Å². The normalized spacial score (nSPS) is 14.8. The summed E-state index contributed by atoms with van der Waals surface area (Å²) >= 11 is 0. The third kappa shape index (κ3) is 2.90. The fourth-order valence-electron chi connectivity index (χ4n) is 3.13. The van der Waals surface area contributed by atoms with Crippen LogP contribution in [0, 0.1) is 0 Å². The molecule has 3 heterocycles. The van der Waals surface area contributed by atoms with Crippen LogP contribution in [0.15, 0.2) is 56.5 Å². The van der Waals surface area contributed by atoms with Gasteiger partial charge in [0.1, 0.15) is 12.8 Å². The summed E-state index contributed by atoms with van der Waals surface area (Å²) in [4.78, 5) is 40.2. The van der Waals surface area contributed by atoms with Crippen molar-refractivity contribution in [3.05, 3.63) is 59.0 Å². The van der Waals surface area contributed by atoms with Gasteiger partial charge in [-0.25, -0.2) is 4.79 Å². The summed E-state index contributed by atoms with van der Waals surface area (Å²) in [6.45, 7) is 1.65. The maximum Gasteiger partial charge on any atom is 0.420 e. The predicted octanol–water partition coefficient (Wildman–Crippen LogP) is 1.17. The summed E-state index contributed by atoms with van der Waals surface area (Å²) < 4.78 is 11.4. The van der Waals surface area contributed by atoms with E-state index in [9.17, 15) is 14.4 Å². The molecule has 1 saturated heterocycles. The molecular weight excluding hydrogens is 338 g/mol. The summed E-state index contributed by atoms with van der Waals surface area (Å²) in [5.74, 6) is -0.828. The minimum atomic E-state index is -0.548. The van der Waals surface area contributed by atoms with Gasteiger partial charge in [-0.3, -0.25) is 14.2 Å². The second-order valence-corrected chi connectivity index (χ2v) is 6.11. The molecule has 1 aromatic carbocycles. The lowest BCUT2D eigenvalue weighted by Crippen LogP contribution is -2.51. The van der Waals surface area contributed by atoms with Crippen molar-refractivity contribution in [1.29, 1.82) is 0 Å². The molecule has 0 unspecified atom stereocenters. The van der Waals surface area contributed by atoms with E-state index in [1.54, 1.807) is 40.1 Å². The highest BCUT2D eigenvalue weighted by molar-refractivity contribution is 5.94. The van der Waals surface area contributed by atoms with Gasteiger partial charge < -0.3 is 18.6 Å². The highest BCUT2D eigenvalue weighted by Gasteiger charge is 2.26. The quantitative estimate of drug-likeness (QED) is 0.704. The Balaban J connectivity index is 1.41. The first-order chi connectivity index (χ1) is 12.6. The summed E-state index contributed by atoms with van der Waals surface area (Å²) in [5.41, 5.74) is 1.56. The Labute approximate surface area is 148 Å². The Morgan fingerprint density at radius 2 is 1.73 bits per heavy atom. The number of oxazole rings is 1. The van der Waals surface area contributed by atoms with Crippen LogP contribution in [0.2, 0.25) is 0 Å². The van der Waals surface area contributed by atoms with E-state index in [1.807, 2.05) is 0 Å². The zero-order valence-electron chi connectivity index (χ0n) is 14.0. The van der Waals surface area contributed by atoms with E-state index in [0.717, 1.165) is 0 Å². The first kappa shape index (κ1) is 16.2. The fourth-order valence-corrected chi connectivity index (χ4v) is 3.13. The highest BCUT2D eigenvalue weighted by Crippen LogP contribution is 2.13. The number of nitrogens with zero attached hydrogens (tertiary/aromatic N) is 3. The van der Waals surface area contributed by atoms with Gasteiger partial charge in [-0.15, -0.1) is 0 Å². The van der Waals surface area contributed by atoms with Crippen LogP contribution < -0.4 is 5.76 Å². The maximum absolute atomic E-state index is 12.6. The lowest BCUT2D eigenvalue weighted by atomic mass is 10.2. The number of furan rings is 1. The Morgan fingerprint density at radius 1 is 1.00 bits per heavy atom. The molecular formula is C18H17N3O5. The maximum atomic E-state index is 12.6. The van der Waals surface area contributed by atoms with E-state index in [-0.39, 0.29) is 18.4 Å². The molecule has 1 fully saturated rings. The summed E-state index contributed by atoms with van der Waals surface area (Å²) in [6, 6.07) is 8.62. The van der Waals surface area contributed by atoms with Gasteiger partial charge in [0.05, 0.1) is 17.3 Å². The van der Waals surface area contributed by atoms with E-state index in [4.69, 9.17) is 8.83 Å². The minimum Gasteiger partial charge on any atom is -0.472 e. The second kappa shape index (κ2) is 6.55. The number of amides is 2. The van der Waals surface area contributed by atoms with Gasteiger partial charge in [0, 0.05) is 26.2 Å². The first-order valence-electron chi connectivity index (χ1n) is 8.31. The number of hydrogen-bond acceptors (Lipinski definition) is 5. The minimum absolute atomic E-state index is 0.0779. The van der Waals surface area contributed by atoms with Gasteiger partial charge in [-0.05, 0) is 18.2 Å². The molecule has 0 aliphatic carbocycles. The van der Waals surface area contributed by atoms with Crippen molar-refractivity contribution >= 4 is 22.9 Å². The largest absolute Gasteiger partial charge is 0.472 e. The number of fused-ring (bicyclic) bond motifs is 1. The Bertz CT molecular complexity index is 993. The van der Waals surface area contributed by atoms with Crippen LogP contribution in [0.4, 0.5) is 0 Å². The number of hydrogen-bond donors (Lipinski definition) is 0. The molecule has 4 rings (SSSR count). The van der Waals surface area contributed by atoms with E-state index < -0.39 is 5.76 Å². The molecule has 8 heteroatoms. The number of carbonyl (C=O) groups is 2. The standard InChI is InChI=1S/C18H17N3O5/c22-16(11-21-14-3-1-2-4-15(14)26-18(21)24)19-6-8-20(9-7-19)17(23)13-5-10-25-12-13/h1-5,10,12H,6-9,11H2. The van der Waals surface area contributed by atoms with Crippen LogP contribution in [0.3, 0.4) is 0 Å². The Hall–Kier alpha value is -3.29. The molecule has 0 radical (unpaired) electrons. The van der Waals surface area contributed by atoms with Crippen molar-refractivity contribution < 1.29 is 18.4 Å². The van der Waals surface area contributed by atoms with E-state index >= 15 is 0 Å². The smallest absolute Gasteiger partial charge is 0.420 e. The van der Waals surface area contributed by atoms with E-state index in [2.05, 4.69) is 0 Å². The van der Waals surface area contributed by atoms with Gasteiger partial charge in [-0.2, -0.15) is 0 Å². The summed E-state index contributed by atoms with van der Waals surface area (Å²) in [7, 11) is 0. The van der Waals surface area contributed by atoms with Gasteiger partial charge in [-0.1, -0.05) is 12.1 Å². The average molecular weight is 355 g/mol. The molecule has 1 aliphatic heterocycles. The van der Waals surface area contributed by atoms with Gasteiger partial charge in [0.15, 0.2) is 5.58 Å². The van der Waals surface area contributed by atoms with Gasteiger partial charge in [0.25, 0.3) is 5.91 Å².